The van der Waals surface area contributed by atoms with Gasteiger partial charge in [0.15, 0.2) is 0 Å². The monoisotopic (exact) mass is 569 g/mol. The van der Waals surface area contributed by atoms with Crippen LogP contribution in [-0.2, 0) is 16.1 Å². The number of nitrogens with one attached hydrogen (secondary N) is 1. The number of thioether (sulfide) groups is 1. The normalized spacial score (nSPS) is 16.5. The Hall–Kier alpha value is -4.04. The second kappa shape index (κ2) is 12.6. The molecule has 0 spiro atoms. The maximum Gasteiger partial charge on any atom is 0.409 e. The van der Waals surface area contributed by atoms with Crippen molar-refractivity contribution >= 4 is 41.4 Å². The van der Waals surface area contributed by atoms with Crippen LogP contribution in [0.2, 0.25) is 0 Å². The fourth-order valence-electron chi connectivity index (χ4n) is 5.13. The Kier molecular flexibility index (Phi) is 8.78. The van der Waals surface area contributed by atoms with E-state index in [1.165, 1.54) is 17.3 Å². The summed E-state index contributed by atoms with van der Waals surface area (Å²) in [4.78, 5) is 43.8. The Morgan fingerprint density at radius 3 is 2.49 bits per heavy atom. The van der Waals surface area contributed by atoms with Crippen molar-refractivity contribution in [3.63, 3.8) is 0 Å². The topological polar surface area (TPSA) is 79.0 Å². The number of fused-ring (bicyclic) bond motifs is 1. The second-order valence-electron chi connectivity index (χ2n) is 10.5. The van der Waals surface area contributed by atoms with Crippen molar-refractivity contribution in [2.45, 2.75) is 51.1 Å². The molecule has 0 bridgehead atoms. The lowest BCUT2D eigenvalue weighted by molar-refractivity contribution is -0.114. The third kappa shape index (κ3) is 6.65. The SMILES string of the molecule is CCOC(=O)N1CCC(NC(=O)c2ccc(/C=C3\Sc4ccccc4N(Cc4cc(C)ccc4C)C3=O)cc2)CC1. The minimum Gasteiger partial charge on any atom is -0.450 e. The zero-order valence-electron chi connectivity index (χ0n) is 23.7. The molecule has 3 amide bonds. The Labute approximate surface area is 245 Å². The maximum absolute atomic E-state index is 13.7. The molecule has 1 fully saturated rings. The number of anilines is 1. The van der Waals surface area contributed by atoms with Gasteiger partial charge in [-0.1, -0.05) is 59.8 Å². The van der Waals surface area contributed by atoms with Crippen LogP contribution < -0.4 is 10.2 Å². The maximum atomic E-state index is 13.7. The number of carbonyl (C=O) groups is 3. The van der Waals surface area contributed by atoms with Gasteiger partial charge in [0.25, 0.3) is 11.8 Å². The van der Waals surface area contributed by atoms with E-state index in [-0.39, 0.29) is 23.9 Å². The van der Waals surface area contributed by atoms with E-state index in [2.05, 4.69) is 37.4 Å². The van der Waals surface area contributed by atoms with Crippen LogP contribution >= 0.6 is 11.8 Å². The first-order valence-electron chi connectivity index (χ1n) is 14.0. The number of hydrogen-bond acceptors (Lipinski definition) is 5. The lowest BCUT2D eigenvalue weighted by atomic mass is 10.0. The molecule has 212 valence electrons. The van der Waals surface area contributed by atoms with Gasteiger partial charge in [-0.05, 0) is 80.6 Å². The third-order valence-corrected chi connectivity index (χ3v) is 8.57. The van der Waals surface area contributed by atoms with E-state index in [1.54, 1.807) is 24.0 Å². The number of rotatable bonds is 6. The van der Waals surface area contributed by atoms with Crippen LogP contribution in [0.25, 0.3) is 6.08 Å². The highest BCUT2D eigenvalue weighted by molar-refractivity contribution is 8.04. The Morgan fingerprint density at radius 2 is 1.76 bits per heavy atom. The summed E-state index contributed by atoms with van der Waals surface area (Å²) in [5.74, 6) is -0.180. The lowest BCUT2D eigenvalue weighted by Crippen LogP contribution is -2.46. The summed E-state index contributed by atoms with van der Waals surface area (Å²) in [6.45, 7) is 7.91. The van der Waals surface area contributed by atoms with Crippen molar-refractivity contribution < 1.29 is 19.1 Å². The summed E-state index contributed by atoms with van der Waals surface area (Å²) in [6, 6.07) is 21.6. The second-order valence-corrected chi connectivity index (χ2v) is 11.5. The number of hydrogen-bond donors (Lipinski definition) is 1. The molecule has 8 heteroatoms. The average Bonchev–Trinajstić information content (AvgIpc) is 2.98. The minimum atomic E-state index is -0.298. The fourth-order valence-corrected chi connectivity index (χ4v) is 6.19. The molecule has 2 heterocycles. The first-order chi connectivity index (χ1) is 19.8. The molecule has 0 atom stereocenters. The summed E-state index contributed by atoms with van der Waals surface area (Å²) in [5.41, 5.74) is 5.78. The van der Waals surface area contributed by atoms with Crippen LogP contribution in [0, 0.1) is 13.8 Å². The van der Waals surface area contributed by atoms with Crippen LogP contribution in [0.15, 0.2) is 76.5 Å². The zero-order valence-corrected chi connectivity index (χ0v) is 24.5. The van der Waals surface area contributed by atoms with Crippen LogP contribution in [0.3, 0.4) is 0 Å². The molecular weight excluding hydrogens is 534 g/mol. The van der Waals surface area contributed by atoms with E-state index in [0.717, 1.165) is 27.3 Å². The molecule has 0 unspecified atom stereocenters. The van der Waals surface area contributed by atoms with Crippen molar-refractivity contribution in [2.75, 3.05) is 24.6 Å². The van der Waals surface area contributed by atoms with E-state index in [9.17, 15) is 14.4 Å². The molecule has 1 N–H and O–H groups in total. The van der Waals surface area contributed by atoms with Crippen LogP contribution in [0.5, 0.6) is 0 Å². The molecule has 0 aliphatic carbocycles. The third-order valence-electron chi connectivity index (χ3n) is 7.49. The van der Waals surface area contributed by atoms with Gasteiger partial charge in [-0.2, -0.15) is 0 Å². The highest BCUT2D eigenvalue weighted by Gasteiger charge is 2.29. The molecule has 7 nitrogen and oxygen atoms in total. The molecule has 1 saturated heterocycles. The number of piperidine rings is 1. The predicted molar refractivity (Wildman–Crippen MR) is 163 cm³/mol. The molecule has 3 aromatic carbocycles. The summed E-state index contributed by atoms with van der Waals surface area (Å²) in [7, 11) is 0. The number of nitrogens with zero attached hydrogens (tertiary/aromatic N) is 2. The predicted octanol–water partition coefficient (Wildman–Crippen LogP) is 6.33. The van der Waals surface area contributed by atoms with Gasteiger partial charge in [-0.15, -0.1) is 0 Å². The number of likely N-dealkylation sites (tertiary alicyclic amines) is 1. The highest BCUT2D eigenvalue weighted by Crippen LogP contribution is 2.42. The number of benzene rings is 3. The molecule has 0 saturated carbocycles. The van der Waals surface area contributed by atoms with E-state index in [0.29, 0.717) is 49.6 Å². The largest absolute Gasteiger partial charge is 0.450 e. The first-order valence-corrected chi connectivity index (χ1v) is 14.8. The molecule has 41 heavy (non-hydrogen) atoms. The van der Waals surface area contributed by atoms with Gasteiger partial charge < -0.3 is 19.9 Å². The van der Waals surface area contributed by atoms with Gasteiger partial charge in [0.1, 0.15) is 0 Å². The van der Waals surface area contributed by atoms with Gasteiger partial charge in [-0.25, -0.2) is 4.79 Å². The Bertz CT molecular complexity index is 1480. The van der Waals surface area contributed by atoms with E-state index < -0.39 is 0 Å². The Morgan fingerprint density at radius 1 is 1.02 bits per heavy atom. The van der Waals surface area contributed by atoms with Crippen LogP contribution in [0.4, 0.5) is 10.5 Å². The van der Waals surface area contributed by atoms with Crippen molar-refractivity contribution in [3.05, 3.63) is 99.5 Å². The van der Waals surface area contributed by atoms with Gasteiger partial charge >= 0.3 is 6.09 Å². The van der Waals surface area contributed by atoms with E-state index >= 15 is 0 Å². The minimum absolute atomic E-state index is 0.00863. The number of ether oxygens (including phenoxy) is 1. The van der Waals surface area contributed by atoms with Crippen molar-refractivity contribution in [3.8, 4) is 0 Å². The summed E-state index contributed by atoms with van der Waals surface area (Å²) >= 11 is 1.47. The average molecular weight is 570 g/mol. The van der Waals surface area contributed by atoms with Crippen LogP contribution in [0.1, 0.15) is 52.4 Å². The van der Waals surface area contributed by atoms with E-state index in [4.69, 9.17) is 4.74 Å². The molecule has 3 aromatic rings. The fraction of sp³-hybridized carbons (Fsp3) is 0.303. The van der Waals surface area contributed by atoms with Gasteiger partial charge in [0.05, 0.1) is 23.7 Å². The number of carbonyl (C=O) groups excluding carboxylic acids is 3. The number of amides is 3. The highest BCUT2D eigenvalue weighted by atomic mass is 32.2. The Balaban J connectivity index is 1.27. The summed E-state index contributed by atoms with van der Waals surface area (Å²) in [6.07, 6.45) is 2.97. The van der Waals surface area contributed by atoms with E-state index in [1.807, 2.05) is 47.4 Å². The molecular formula is C33H35N3O4S. The summed E-state index contributed by atoms with van der Waals surface area (Å²) < 4.78 is 5.07. The first kappa shape index (κ1) is 28.5. The van der Waals surface area contributed by atoms with Crippen molar-refractivity contribution in [1.82, 2.24) is 10.2 Å². The molecule has 5 rings (SSSR count). The number of para-hydroxylation sites is 1. The smallest absolute Gasteiger partial charge is 0.409 e. The number of aryl methyl sites for hydroxylation is 2. The van der Waals surface area contributed by atoms with Gasteiger partial charge in [0.2, 0.25) is 0 Å². The van der Waals surface area contributed by atoms with Gasteiger partial charge in [-0.3, -0.25) is 9.59 Å². The van der Waals surface area contributed by atoms with Crippen molar-refractivity contribution in [2.24, 2.45) is 0 Å². The molecule has 2 aliphatic heterocycles. The molecule has 2 aliphatic rings. The van der Waals surface area contributed by atoms with Crippen molar-refractivity contribution in [1.29, 1.82) is 0 Å². The quantitative estimate of drug-likeness (QED) is 0.351. The molecule has 0 radical (unpaired) electrons. The standard InChI is InChI=1S/C33H35N3O4S/c1-4-40-33(39)35-17-15-27(16-18-35)34-31(37)25-13-11-24(12-14-25)20-30-32(38)36(28-7-5-6-8-29(28)41-30)21-26-19-22(2)9-10-23(26)3/h5-14,19-20,27H,4,15-18,21H2,1-3H3,(H,34,37)/b30-20-. The van der Waals surface area contributed by atoms with Crippen LogP contribution in [-0.4, -0.2) is 48.5 Å². The summed E-state index contributed by atoms with van der Waals surface area (Å²) in [5, 5.41) is 3.08. The lowest BCUT2D eigenvalue weighted by Gasteiger charge is -2.31. The zero-order chi connectivity index (χ0) is 28.9. The molecule has 0 aromatic heterocycles. The van der Waals surface area contributed by atoms with Gasteiger partial charge in [0, 0.05) is 29.6 Å².